The highest BCUT2D eigenvalue weighted by Crippen LogP contribution is 2.20. The van der Waals surface area contributed by atoms with Gasteiger partial charge in [0.05, 0.1) is 6.10 Å². The summed E-state index contributed by atoms with van der Waals surface area (Å²) in [5.74, 6) is 0.805. The molecule has 5 nitrogen and oxygen atoms in total. The second kappa shape index (κ2) is 8.61. The van der Waals surface area contributed by atoms with Gasteiger partial charge < -0.3 is 20.3 Å². The number of hydrogen-bond acceptors (Lipinski definition) is 3. The Labute approximate surface area is 155 Å². The van der Waals surface area contributed by atoms with Crippen molar-refractivity contribution in [2.75, 3.05) is 23.3 Å². The highest BCUT2D eigenvalue weighted by atomic mass is 16.5. The fourth-order valence-electron chi connectivity index (χ4n) is 3.16. The number of piperidine rings is 1. The van der Waals surface area contributed by atoms with E-state index in [4.69, 9.17) is 4.74 Å². The van der Waals surface area contributed by atoms with Crippen molar-refractivity contribution in [1.82, 2.24) is 5.32 Å². The summed E-state index contributed by atoms with van der Waals surface area (Å²) in [5, 5.41) is 5.97. The molecule has 5 heteroatoms. The summed E-state index contributed by atoms with van der Waals surface area (Å²) < 4.78 is 5.61. The van der Waals surface area contributed by atoms with Gasteiger partial charge in [0.15, 0.2) is 0 Å². The lowest BCUT2D eigenvalue weighted by molar-refractivity contribution is 0.242. The second-order valence-electron chi connectivity index (χ2n) is 6.89. The third-order valence-electron chi connectivity index (χ3n) is 4.44. The third-order valence-corrected chi connectivity index (χ3v) is 4.44. The van der Waals surface area contributed by atoms with Crippen molar-refractivity contribution in [3.63, 3.8) is 0 Å². The van der Waals surface area contributed by atoms with Crippen LogP contribution in [0.3, 0.4) is 0 Å². The smallest absolute Gasteiger partial charge is 0.319 e. The molecule has 0 bridgehead atoms. The summed E-state index contributed by atoms with van der Waals surface area (Å²) in [5.41, 5.74) is 2.01. The standard InChI is InChI=1S/C21H27N3O2/c1-16(2)26-20-10-8-17(9-11-20)22-21(25)23-18-12-14-24(15-13-18)19-6-4-3-5-7-19/h3-11,16,18H,12-15H2,1-2H3,(H2,22,23,25). The SMILES string of the molecule is CC(C)Oc1ccc(NC(=O)NC2CCN(c3ccccc3)CC2)cc1. The minimum absolute atomic E-state index is 0.138. The molecule has 26 heavy (non-hydrogen) atoms. The van der Waals surface area contributed by atoms with E-state index in [1.165, 1.54) is 5.69 Å². The first kappa shape index (κ1) is 18.1. The third kappa shape index (κ3) is 5.15. The molecule has 2 aromatic rings. The van der Waals surface area contributed by atoms with Crippen LogP contribution in [0.1, 0.15) is 26.7 Å². The van der Waals surface area contributed by atoms with Crippen LogP contribution in [0, 0.1) is 0 Å². The molecule has 0 atom stereocenters. The van der Waals surface area contributed by atoms with Gasteiger partial charge in [0, 0.05) is 30.5 Å². The van der Waals surface area contributed by atoms with E-state index in [0.29, 0.717) is 0 Å². The molecule has 1 heterocycles. The first-order valence-corrected chi connectivity index (χ1v) is 9.24. The molecule has 2 aromatic carbocycles. The molecule has 0 unspecified atom stereocenters. The van der Waals surface area contributed by atoms with Crippen LogP contribution < -0.4 is 20.3 Å². The molecule has 0 saturated carbocycles. The van der Waals surface area contributed by atoms with E-state index in [0.717, 1.165) is 37.4 Å². The Morgan fingerprint density at radius 3 is 2.31 bits per heavy atom. The van der Waals surface area contributed by atoms with Gasteiger partial charge in [0.25, 0.3) is 0 Å². The highest BCUT2D eigenvalue weighted by Gasteiger charge is 2.20. The molecule has 0 aliphatic carbocycles. The molecule has 1 aliphatic rings. The van der Waals surface area contributed by atoms with Crippen LogP contribution in [-0.2, 0) is 0 Å². The summed E-state index contributed by atoms with van der Waals surface area (Å²) in [7, 11) is 0. The number of anilines is 2. The van der Waals surface area contributed by atoms with Gasteiger partial charge in [-0.1, -0.05) is 18.2 Å². The van der Waals surface area contributed by atoms with Crippen LogP contribution in [0.15, 0.2) is 54.6 Å². The van der Waals surface area contributed by atoms with Crippen molar-refractivity contribution in [1.29, 1.82) is 0 Å². The molecule has 2 N–H and O–H groups in total. The van der Waals surface area contributed by atoms with Crippen LogP contribution in [-0.4, -0.2) is 31.3 Å². The predicted molar refractivity (Wildman–Crippen MR) is 106 cm³/mol. The Kier molecular flexibility index (Phi) is 6.00. The molecule has 0 aromatic heterocycles. The Hall–Kier alpha value is -2.69. The Morgan fingerprint density at radius 2 is 1.69 bits per heavy atom. The van der Waals surface area contributed by atoms with Crippen LogP contribution in [0.5, 0.6) is 5.75 Å². The summed E-state index contributed by atoms with van der Waals surface area (Å²) in [6.07, 6.45) is 2.03. The number of nitrogens with zero attached hydrogens (tertiary/aromatic N) is 1. The molecule has 1 saturated heterocycles. The van der Waals surface area contributed by atoms with E-state index in [2.05, 4.69) is 39.8 Å². The van der Waals surface area contributed by atoms with Crippen molar-refractivity contribution < 1.29 is 9.53 Å². The van der Waals surface area contributed by atoms with Gasteiger partial charge in [-0.05, 0) is 63.1 Å². The van der Waals surface area contributed by atoms with Gasteiger partial charge in [-0.25, -0.2) is 4.79 Å². The fraction of sp³-hybridized carbons (Fsp3) is 0.381. The number of urea groups is 1. The molecular weight excluding hydrogens is 326 g/mol. The highest BCUT2D eigenvalue weighted by molar-refractivity contribution is 5.89. The van der Waals surface area contributed by atoms with Gasteiger partial charge >= 0.3 is 6.03 Å². The number of benzene rings is 2. The molecule has 138 valence electrons. The zero-order valence-corrected chi connectivity index (χ0v) is 15.4. The van der Waals surface area contributed by atoms with E-state index in [9.17, 15) is 4.79 Å². The normalized spacial score (nSPS) is 15.0. The number of amides is 2. The van der Waals surface area contributed by atoms with Crippen LogP contribution in [0.2, 0.25) is 0 Å². The van der Waals surface area contributed by atoms with E-state index >= 15 is 0 Å². The number of rotatable bonds is 5. The van der Waals surface area contributed by atoms with Gasteiger partial charge in [0.2, 0.25) is 0 Å². The van der Waals surface area contributed by atoms with Crippen molar-refractivity contribution in [2.45, 2.75) is 38.8 Å². The summed E-state index contributed by atoms with van der Waals surface area (Å²) >= 11 is 0. The summed E-state index contributed by atoms with van der Waals surface area (Å²) in [6, 6.07) is 17.9. The van der Waals surface area contributed by atoms with Gasteiger partial charge in [0.1, 0.15) is 5.75 Å². The minimum Gasteiger partial charge on any atom is -0.491 e. The largest absolute Gasteiger partial charge is 0.491 e. The minimum atomic E-state index is -0.152. The van der Waals surface area contributed by atoms with Crippen LogP contribution >= 0.6 is 0 Å². The fourth-order valence-corrected chi connectivity index (χ4v) is 3.16. The maximum atomic E-state index is 12.2. The first-order chi connectivity index (χ1) is 12.6. The average molecular weight is 353 g/mol. The lowest BCUT2D eigenvalue weighted by Gasteiger charge is -2.33. The number of carbonyl (C=O) groups excluding carboxylic acids is 1. The monoisotopic (exact) mass is 353 g/mol. The summed E-state index contributed by atoms with van der Waals surface area (Å²) in [4.78, 5) is 14.6. The maximum absolute atomic E-state index is 12.2. The lowest BCUT2D eigenvalue weighted by atomic mass is 10.0. The molecule has 1 fully saturated rings. The lowest BCUT2D eigenvalue weighted by Crippen LogP contribution is -2.46. The van der Waals surface area contributed by atoms with E-state index in [1.54, 1.807) is 0 Å². The van der Waals surface area contributed by atoms with Gasteiger partial charge in [-0.15, -0.1) is 0 Å². The van der Waals surface area contributed by atoms with Crippen LogP contribution in [0.25, 0.3) is 0 Å². The molecule has 0 radical (unpaired) electrons. The van der Waals surface area contributed by atoms with Crippen molar-refractivity contribution >= 4 is 17.4 Å². The molecule has 0 spiro atoms. The number of carbonyl (C=O) groups is 1. The Morgan fingerprint density at radius 1 is 1.04 bits per heavy atom. The number of para-hydroxylation sites is 1. The number of nitrogens with one attached hydrogen (secondary N) is 2. The molecule has 2 amide bonds. The van der Waals surface area contributed by atoms with E-state index in [-0.39, 0.29) is 18.2 Å². The van der Waals surface area contributed by atoms with E-state index in [1.807, 2.05) is 44.2 Å². The van der Waals surface area contributed by atoms with Crippen LogP contribution in [0.4, 0.5) is 16.2 Å². The quantitative estimate of drug-likeness (QED) is 0.844. The predicted octanol–water partition coefficient (Wildman–Crippen LogP) is 4.26. The topological polar surface area (TPSA) is 53.6 Å². The molecule has 1 aliphatic heterocycles. The number of ether oxygens (including phenoxy) is 1. The zero-order valence-electron chi connectivity index (χ0n) is 15.4. The first-order valence-electron chi connectivity index (χ1n) is 9.24. The maximum Gasteiger partial charge on any atom is 0.319 e. The Balaban J connectivity index is 1.44. The zero-order chi connectivity index (χ0) is 18.4. The number of hydrogen-bond donors (Lipinski definition) is 2. The second-order valence-corrected chi connectivity index (χ2v) is 6.89. The molecule has 3 rings (SSSR count). The van der Waals surface area contributed by atoms with Gasteiger partial charge in [-0.2, -0.15) is 0 Å². The molecular formula is C21H27N3O2. The van der Waals surface area contributed by atoms with E-state index < -0.39 is 0 Å². The van der Waals surface area contributed by atoms with Gasteiger partial charge in [-0.3, -0.25) is 0 Å². The van der Waals surface area contributed by atoms with Crippen molar-refractivity contribution in [3.8, 4) is 5.75 Å². The van der Waals surface area contributed by atoms with Crippen molar-refractivity contribution in [3.05, 3.63) is 54.6 Å². The average Bonchev–Trinajstić information content (AvgIpc) is 2.64. The Bertz CT molecular complexity index is 693. The summed E-state index contributed by atoms with van der Waals surface area (Å²) in [6.45, 7) is 5.89. The van der Waals surface area contributed by atoms with Crippen molar-refractivity contribution in [2.24, 2.45) is 0 Å².